The van der Waals surface area contributed by atoms with Crippen molar-refractivity contribution < 1.29 is 9.59 Å². The first-order chi connectivity index (χ1) is 10.8. The summed E-state index contributed by atoms with van der Waals surface area (Å²) in [7, 11) is 0. The van der Waals surface area contributed by atoms with Crippen LogP contribution in [0.5, 0.6) is 0 Å². The number of hydrogen-bond acceptors (Lipinski definition) is 3. The summed E-state index contributed by atoms with van der Waals surface area (Å²) in [5, 5.41) is 6.01. The number of likely N-dealkylation sites (tertiary alicyclic amines) is 1. The molecule has 0 unspecified atom stereocenters. The Labute approximate surface area is 138 Å². The average molecular weight is 317 g/mol. The molecule has 0 spiro atoms. The Morgan fingerprint density at radius 1 is 1.13 bits per heavy atom. The lowest BCUT2D eigenvalue weighted by Gasteiger charge is -2.33. The summed E-state index contributed by atoms with van der Waals surface area (Å²) in [4.78, 5) is 26.2. The fourth-order valence-electron chi connectivity index (χ4n) is 2.56. The molecule has 0 atom stereocenters. The first kappa shape index (κ1) is 17.5. The molecule has 5 heteroatoms. The van der Waals surface area contributed by atoms with Crippen molar-refractivity contribution in [2.24, 2.45) is 5.41 Å². The van der Waals surface area contributed by atoms with Crippen molar-refractivity contribution in [3.63, 3.8) is 0 Å². The molecule has 1 aliphatic heterocycles. The summed E-state index contributed by atoms with van der Waals surface area (Å²) >= 11 is 0. The highest BCUT2D eigenvalue weighted by atomic mass is 16.2. The third kappa shape index (κ3) is 5.67. The molecule has 1 fully saturated rings. The van der Waals surface area contributed by atoms with Crippen molar-refractivity contribution in [1.29, 1.82) is 0 Å². The van der Waals surface area contributed by atoms with Crippen LogP contribution in [0, 0.1) is 5.41 Å². The van der Waals surface area contributed by atoms with E-state index in [-0.39, 0.29) is 23.3 Å². The molecule has 0 aromatic heterocycles. The van der Waals surface area contributed by atoms with E-state index in [2.05, 4.69) is 15.5 Å². The van der Waals surface area contributed by atoms with Gasteiger partial charge in [-0.1, -0.05) is 39.0 Å². The van der Waals surface area contributed by atoms with Crippen LogP contribution >= 0.6 is 0 Å². The van der Waals surface area contributed by atoms with E-state index in [1.807, 2.05) is 51.1 Å². The van der Waals surface area contributed by atoms with Gasteiger partial charge in [-0.3, -0.25) is 14.5 Å². The molecule has 0 radical (unpaired) electrons. The smallest absolute Gasteiger partial charge is 0.238 e. The third-order valence-corrected chi connectivity index (χ3v) is 4.03. The number of hydrogen-bond donors (Lipinski definition) is 2. The first-order valence-corrected chi connectivity index (χ1v) is 8.23. The number of amides is 2. The zero-order valence-electron chi connectivity index (χ0n) is 14.3. The molecule has 0 bridgehead atoms. The van der Waals surface area contributed by atoms with Crippen LogP contribution in [-0.2, 0) is 9.59 Å². The average Bonchev–Trinajstić information content (AvgIpc) is 2.49. The van der Waals surface area contributed by atoms with Crippen molar-refractivity contribution in [2.75, 3.05) is 25.0 Å². The summed E-state index contributed by atoms with van der Waals surface area (Å²) in [5.41, 5.74) is 0.469. The van der Waals surface area contributed by atoms with E-state index in [1.165, 1.54) is 0 Å². The van der Waals surface area contributed by atoms with Crippen LogP contribution in [0.25, 0.3) is 0 Å². The Hall–Kier alpha value is -1.88. The lowest BCUT2D eigenvalue weighted by Crippen LogP contribution is -2.48. The van der Waals surface area contributed by atoms with Gasteiger partial charge in [0.25, 0.3) is 0 Å². The molecular weight excluding hydrogens is 290 g/mol. The van der Waals surface area contributed by atoms with E-state index in [0.29, 0.717) is 6.54 Å². The minimum atomic E-state index is -0.354. The Balaban J connectivity index is 1.72. The standard InChI is InChI=1S/C18H27N3O2/c1-18(2,3)17(23)20-15-9-11-21(12-10-15)13-16(22)19-14-7-5-4-6-8-14/h4-8,15H,9-13H2,1-3H3,(H,19,22)(H,20,23). The number of anilines is 1. The van der Waals surface area contributed by atoms with Crippen LogP contribution in [0.4, 0.5) is 5.69 Å². The van der Waals surface area contributed by atoms with Gasteiger partial charge in [0.05, 0.1) is 6.54 Å². The number of benzene rings is 1. The highest BCUT2D eigenvalue weighted by Crippen LogP contribution is 2.16. The number of carbonyl (C=O) groups excluding carboxylic acids is 2. The topological polar surface area (TPSA) is 61.4 Å². The highest BCUT2D eigenvalue weighted by Gasteiger charge is 2.26. The Morgan fingerprint density at radius 2 is 1.74 bits per heavy atom. The monoisotopic (exact) mass is 317 g/mol. The number of nitrogens with zero attached hydrogens (tertiary/aromatic N) is 1. The second-order valence-electron chi connectivity index (χ2n) is 7.19. The van der Waals surface area contributed by atoms with E-state index in [4.69, 9.17) is 0 Å². The summed E-state index contributed by atoms with van der Waals surface area (Å²) in [5.74, 6) is 0.103. The van der Waals surface area contributed by atoms with Gasteiger partial charge in [-0.05, 0) is 25.0 Å². The van der Waals surface area contributed by atoms with Crippen molar-refractivity contribution >= 4 is 17.5 Å². The highest BCUT2D eigenvalue weighted by molar-refractivity contribution is 5.92. The Morgan fingerprint density at radius 3 is 2.30 bits per heavy atom. The normalized spacial score (nSPS) is 16.8. The molecule has 1 aliphatic rings. The molecule has 126 valence electrons. The maximum Gasteiger partial charge on any atom is 0.238 e. The molecule has 1 saturated heterocycles. The number of carbonyl (C=O) groups is 2. The lowest BCUT2D eigenvalue weighted by atomic mass is 9.94. The number of para-hydroxylation sites is 1. The molecule has 0 aliphatic carbocycles. The van der Waals surface area contributed by atoms with Crippen molar-refractivity contribution in [1.82, 2.24) is 10.2 Å². The van der Waals surface area contributed by atoms with Gasteiger partial charge >= 0.3 is 0 Å². The van der Waals surface area contributed by atoms with Gasteiger partial charge in [0.15, 0.2) is 0 Å². The summed E-state index contributed by atoms with van der Waals surface area (Å²) in [6, 6.07) is 9.71. The maximum absolute atomic E-state index is 12.0. The van der Waals surface area contributed by atoms with Gasteiger partial charge in [-0.2, -0.15) is 0 Å². The van der Waals surface area contributed by atoms with Crippen LogP contribution in [0.15, 0.2) is 30.3 Å². The molecule has 1 aromatic carbocycles. The minimum absolute atomic E-state index is 0.00776. The predicted molar refractivity (Wildman–Crippen MR) is 92.1 cm³/mol. The van der Waals surface area contributed by atoms with Gasteiger partial charge in [-0.15, -0.1) is 0 Å². The SMILES string of the molecule is CC(C)(C)C(=O)NC1CCN(CC(=O)Nc2ccccc2)CC1. The van der Waals surface area contributed by atoms with Crippen LogP contribution in [0.1, 0.15) is 33.6 Å². The Kier molecular flexibility index (Phi) is 5.77. The molecule has 0 saturated carbocycles. The van der Waals surface area contributed by atoms with E-state index in [0.717, 1.165) is 31.6 Å². The molecule has 1 heterocycles. The fraction of sp³-hybridized carbons (Fsp3) is 0.556. The number of nitrogens with one attached hydrogen (secondary N) is 2. The van der Waals surface area contributed by atoms with Crippen LogP contribution in [0.2, 0.25) is 0 Å². The van der Waals surface area contributed by atoms with Crippen molar-refractivity contribution in [3.05, 3.63) is 30.3 Å². The molecule has 2 amide bonds. The Bertz CT molecular complexity index is 529. The van der Waals surface area contributed by atoms with Crippen LogP contribution < -0.4 is 10.6 Å². The largest absolute Gasteiger partial charge is 0.353 e. The minimum Gasteiger partial charge on any atom is -0.353 e. The van der Waals surface area contributed by atoms with Gasteiger partial charge < -0.3 is 10.6 Å². The van der Waals surface area contributed by atoms with Gasteiger partial charge in [0.1, 0.15) is 0 Å². The van der Waals surface area contributed by atoms with Crippen molar-refractivity contribution in [3.8, 4) is 0 Å². The van der Waals surface area contributed by atoms with Crippen molar-refractivity contribution in [2.45, 2.75) is 39.7 Å². The van der Waals surface area contributed by atoms with E-state index in [9.17, 15) is 9.59 Å². The summed E-state index contributed by atoms with van der Waals surface area (Å²) in [6.07, 6.45) is 1.78. The van der Waals surface area contributed by atoms with Crippen LogP contribution in [-0.4, -0.2) is 42.4 Å². The molecule has 23 heavy (non-hydrogen) atoms. The molecule has 1 aromatic rings. The van der Waals surface area contributed by atoms with Crippen LogP contribution in [0.3, 0.4) is 0 Å². The summed E-state index contributed by atoms with van der Waals surface area (Å²) in [6.45, 7) is 7.82. The first-order valence-electron chi connectivity index (χ1n) is 8.23. The van der Waals surface area contributed by atoms with E-state index in [1.54, 1.807) is 0 Å². The van der Waals surface area contributed by atoms with Gasteiger partial charge in [0, 0.05) is 30.2 Å². The zero-order chi connectivity index (χ0) is 16.9. The number of rotatable bonds is 4. The molecule has 5 nitrogen and oxygen atoms in total. The third-order valence-electron chi connectivity index (χ3n) is 4.03. The fourth-order valence-corrected chi connectivity index (χ4v) is 2.56. The number of piperidine rings is 1. The second-order valence-corrected chi connectivity index (χ2v) is 7.19. The van der Waals surface area contributed by atoms with E-state index >= 15 is 0 Å². The maximum atomic E-state index is 12.0. The van der Waals surface area contributed by atoms with Gasteiger partial charge in [0.2, 0.25) is 11.8 Å². The van der Waals surface area contributed by atoms with Gasteiger partial charge in [-0.25, -0.2) is 0 Å². The summed E-state index contributed by atoms with van der Waals surface area (Å²) < 4.78 is 0. The molecular formula is C18H27N3O2. The quantitative estimate of drug-likeness (QED) is 0.895. The lowest BCUT2D eigenvalue weighted by molar-refractivity contribution is -0.129. The predicted octanol–water partition coefficient (Wildman–Crippen LogP) is 2.25. The van der Waals surface area contributed by atoms with E-state index < -0.39 is 0 Å². The molecule has 2 rings (SSSR count). The zero-order valence-corrected chi connectivity index (χ0v) is 14.3. The second kappa shape index (κ2) is 7.59. The molecule has 2 N–H and O–H groups in total.